The lowest BCUT2D eigenvalue weighted by atomic mass is 10.0. The number of rotatable bonds is 5. The first-order valence-electron chi connectivity index (χ1n) is 6.68. The Hall–Kier alpha value is -0.830. The van der Waals surface area contributed by atoms with Crippen LogP contribution in [0.4, 0.5) is 5.69 Å². The average molecular weight is 379 g/mol. The van der Waals surface area contributed by atoms with Gasteiger partial charge in [0.15, 0.2) is 0 Å². The number of hydrogen-bond acceptors (Lipinski definition) is 4. The molecule has 1 aromatic rings. The number of benzene rings is 1. The van der Waals surface area contributed by atoms with Gasteiger partial charge >= 0.3 is 10.2 Å². The molecule has 1 atom stereocenters. The number of anilines is 1. The number of hydrogen-bond donors (Lipinski definition) is 2. The van der Waals surface area contributed by atoms with Crippen LogP contribution in [-0.2, 0) is 10.2 Å². The molecular weight excluding hydrogens is 360 g/mol. The Morgan fingerprint density at radius 1 is 1.52 bits per heavy atom. The third kappa shape index (κ3) is 4.09. The Labute approximate surface area is 133 Å². The number of aliphatic hydroxyl groups is 1. The summed E-state index contributed by atoms with van der Waals surface area (Å²) in [6.07, 6.45) is 1.62. The van der Waals surface area contributed by atoms with Crippen LogP contribution in [0, 0.1) is 5.92 Å². The van der Waals surface area contributed by atoms with Gasteiger partial charge in [-0.2, -0.15) is 12.7 Å². The lowest BCUT2D eigenvalue weighted by Crippen LogP contribution is -2.43. The van der Waals surface area contributed by atoms with Gasteiger partial charge in [0.1, 0.15) is 5.75 Å². The van der Waals surface area contributed by atoms with E-state index in [0.717, 1.165) is 12.8 Å². The maximum atomic E-state index is 12.4. The first kappa shape index (κ1) is 16.5. The normalized spacial score (nSPS) is 20.2. The Morgan fingerprint density at radius 2 is 2.29 bits per heavy atom. The molecule has 1 saturated heterocycles. The van der Waals surface area contributed by atoms with E-state index in [1.54, 1.807) is 25.3 Å². The smallest absolute Gasteiger partial charge is 0.301 e. The quantitative estimate of drug-likeness (QED) is 0.818. The molecule has 1 aromatic carbocycles. The van der Waals surface area contributed by atoms with Gasteiger partial charge in [0.05, 0.1) is 17.3 Å². The predicted molar refractivity (Wildman–Crippen MR) is 84.6 cm³/mol. The molecule has 1 fully saturated rings. The topological polar surface area (TPSA) is 78.9 Å². The molecule has 0 bridgehead atoms. The zero-order valence-electron chi connectivity index (χ0n) is 11.8. The molecule has 6 nitrogen and oxygen atoms in total. The molecule has 0 aromatic heterocycles. The van der Waals surface area contributed by atoms with Crippen LogP contribution in [0.1, 0.15) is 12.8 Å². The minimum Gasteiger partial charge on any atom is -0.496 e. The van der Waals surface area contributed by atoms with E-state index in [2.05, 4.69) is 20.7 Å². The molecule has 8 heteroatoms. The summed E-state index contributed by atoms with van der Waals surface area (Å²) in [6.45, 7) is 0.840. The highest BCUT2D eigenvalue weighted by Crippen LogP contribution is 2.29. The van der Waals surface area contributed by atoms with Crippen LogP contribution in [-0.4, -0.2) is 44.6 Å². The molecule has 1 aliphatic heterocycles. The van der Waals surface area contributed by atoms with Gasteiger partial charge in [0.25, 0.3) is 0 Å². The maximum Gasteiger partial charge on any atom is 0.301 e. The van der Waals surface area contributed by atoms with Crippen molar-refractivity contribution in [2.75, 3.05) is 31.5 Å². The average Bonchev–Trinajstić information content (AvgIpc) is 2.47. The van der Waals surface area contributed by atoms with Crippen LogP contribution in [0.25, 0.3) is 0 Å². The van der Waals surface area contributed by atoms with Crippen LogP contribution in [0.3, 0.4) is 0 Å². The van der Waals surface area contributed by atoms with Gasteiger partial charge < -0.3 is 9.84 Å². The lowest BCUT2D eigenvalue weighted by Gasteiger charge is -2.31. The van der Waals surface area contributed by atoms with E-state index in [1.807, 2.05) is 0 Å². The van der Waals surface area contributed by atoms with Crippen molar-refractivity contribution in [2.24, 2.45) is 5.92 Å². The number of halogens is 1. The van der Waals surface area contributed by atoms with Crippen LogP contribution < -0.4 is 9.46 Å². The van der Waals surface area contributed by atoms with Crippen molar-refractivity contribution in [2.45, 2.75) is 12.8 Å². The van der Waals surface area contributed by atoms with Crippen molar-refractivity contribution in [3.05, 3.63) is 22.7 Å². The van der Waals surface area contributed by atoms with E-state index in [1.165, 1.54) is 4.31 Å². The number of nitrogens with one attached hydrogen (secondary N) is 1. The standard InChI is InChI=1S/C13H19BrN2O4S/c1-20-13-5-4-11(7-12(13)14)15-21(18,19)16-6-2-3-10(8-16)9-17/h4-5,7,10,15,17H,2-3,6,8-9H2,1H3. The summed E-state index contributed by atoms with van der Waals surface area (Å²) in [6, 6.07) is 4.99. The highest BCUT2D eigenvalue weighted by molar-refractivity contribution is 9.10. The van der Waals surface area contributed by atoms with Crippen LogP contribution in [0.5, 0.6) is 5.75 Å². The number of aliphatic hydroxyl groups excluding tert-OH is 1. The van der Waals surface area contributed by atoms with E-state index in [4.69, 9.17) is 4.74 Å². The molecule has 21 heavy (non-hydrogen) atoms. The summed E-state index contributed by atoms with van der Waals surface area (Å²) >= 11 is 3.33. The summed E-state index contributed by atoms with van der Waals surface area (Å²) in [5, 5.41) is 9.20. The fraction of sp³-hybridized carbons (Fsp3) is 0.538. The molecular formula is C13H19BrN2O4S. The highest BCUT2D eigenvalue weighted by atomic mass is 79.9. The fourth-order valence-electron chi connectivity index (χ4n) is 2.34. The molecule has 2 N–H and O–H groups in total. The second kappa shape index (κ2) is 6.95. The highest BCUT2D eigenvalue weighted by Gasteiger charge is 2.28. The number of methoxy groups -OCH3 is 1. The van der Waals surface area contributed by atoms with Crippen LogP contribution in [0.2, 0.25) is 0 Å². The molecule has 0 amide bonds. The molecule has 118 valence electrons. The zero-order chi connectivity index (χ0) is 15.5. The minimum atomic E-state index is -3.61. The summed E-state index contributed by atoms with van der Waals surface area (Å²) in [4.78, 5) is 0. The molecule has 1 aliphatic rings. The largest absolute Gasteiger partial charge is 0.496 e. The summed E-state index contributed by atoms with van der Waals surface area (Å²) in [5.41, 5.74) is 0.466. The van der Waals surface area contributed by atoms with E-state index >= 15 is 0 Å². The molecule has 1 unspecified atom stereocenters. The number of ether oxygens (including phenoxy) is 1. The molecule has 0 aliphatic carbocycles. The van der Waals surface area contributed by atoms with Crippen molar-refractivity contribution < 1.29 is 18.3 Å². The van der Waals surface area contributed by atoms with E-state index in [-0.39, 0.29) is 12.5 Å². The number of nitrogens with zero attached hydrogens (tertiary/aromatic N) is 1. The van der Waals surface area contributed by atoms with Crippen molar-refractivity contribution >= 4 is 31.8 Å². The fourth-order valence-corrected chi connectivity index (χ4v) is 4.21. The Morgan fingerprint density at radius 3 is 2.90 bits per heavy atom. The zero-order valence-corrected chi connectivity index (χ0v) is 14.2. The summed E-state index contributed by atoms with van der Waals surface area (Å²) in [7, 11) is -2.06. The molecule has 0 radical (unpaired) electrons. The third-order valence-corrected chi connectivity index (χ3v) is 5.60. The van der Waals surface area contributed by atoms with Crippen LogP contribution in [0.15, 0.2) is 22.7 Å². The molecule has 0 spiro atoms. The van der Waals surface area contributed by atoms with Gasteiger partial charge in [-0.15, -0.1) is 0 Å². The van der Waals surface area contributed by atoms with Gasteiger partial charge in [0.2, 0.25) is 0 Å². The monoisotopic (exact) mass is 378 g/mol. The second-order valence-electron chi connectivity index (χ2n) is 5.01. The van der Waals surface area contributed by atoms with Crippen molar-refractivity contribution in [1.29, 1.82) is 0 Å². The van der Waals surface area contributed by atoms with Gasteiger partial charge in [-0.25, -0.2) is 0 Å². The third-order valence-electron chi connectivity index (χ3n) is 3.48. The summed E-state index contributed by atoms with van der Waals surface area (Å²) in [5.74, 6) is 0.647. The van der Waals surface area contributed by atoms with Gasteiger partial charge in [-0.3, -0.25) is 4.72 Å². The molecule has 1 heterocycles. The first-order chi connectivity index (χ1) is 9.96. The molecule has 0 saturated carbocycles. The first-order valence-corrected chi connectivity index (χ1v) is 8.92. The van der Waals surface area contributed by atoms with Crippen LogP contribution >= 0.6 is 15.9 Å². The second-order valence-corrected chi connectivity index (χ2v) is 7.53. The summed E-state index contributed by atoms with van der Waals surface area (Å²) < 4.78 is 34.5. The van der Waals surface area contributed by atoms with Gasteiger partial charge in [-0.05, 0) is 52.9 Å². The Bertz CT molecular complexity index is 594. The maximum absolute atomic E-state index is 12.4. The van der Waals surface area contributed by atoms with E-state index in [0.29, 0.717) is 29.0 Å². The SMILES string of the molecule is COc1ccc(NS(=O)(=O)N2CCCC(CO)C2)cc1Br. The van der Waals surface area contributed by atoms with Gasteiger partial charge in [-0.1, -0.05) is 0 Å². The van der Waals surface area contributed by atoms with E-state index in [9.17, 15) is 13.5 Å². The van der Waals surface area contributed by atoms with Crippen molar-refractivity contribution in [1.82, 2.24) is 4.31 Å². The minimum absolute atomic E-state index is 0.0120. The van der Waals surface area contributed by atoms with E-state index < -0.39 is 10.2 Å². The Kier molecular flexibility index (Phi) is 5.48. The molecule has 2 rings (SSSR count). The predicted octanol–water partition coefficient (Wildman–Crippen LogP) is 1.82. The lowest BCUT2D eigenvalue weighted by molar-refractivity contribution is 0.166. The number of piperidine rings is 1. The van der Waals surface area contributed by atoms with Crippen molar-refractivity contribution in [3.63, 3.8) is 0 Å². The van der Waals surface area contributed by atoms with Crippen molar-refractivity contribution in [3.8, 4) is 5.75 Å². The van der Waals surface area contributed by atoms with Gasteiger partial charge in [0, 0.05) is 19.7 Å². The Balaban J connectivity index is 2.11.